The van der Waals surface area contributed by atoms with E-state index in [1.807, 2.05) is 14.0 Å². The molecule has 0 aromatic rings. The summed E-state index contributed by atoms with van der Waals surface area (Å²) >= 11 is 0. The van der Waals surface area contributed by atoms with Crippen LogP contribution >= 0.6 is 0 Å². The third-order valence-electron chi connectivity index (χ3n) is 3.08. The maximum Gasteiger partial charge on any atom is 0.0595 e. The van der Waals surface area contributed by atoms with Crippen molar-refractivity contribution in [2.24, 2.45) is 0 Å². The first-order valence-corrected chi connectivity index (χ1v) is 5.84. The van der Waals surface area contributed by atoms with Crippen LogP contribution in [0.1, 0.15) is 26.7 Å². The van der Waals surface area contributed by atoms with Crippen LogP contribution in [0.25, 0.3) is 0 Å². The van der Waals surface area contributed by atoms with Gasteiger partial charge in [0.15, 0.2) is 0 Å². The molecular formula is C13H23NO. The van der Waals surface area contributed by atoms with E-state index in [0.717, 1.165) is 25.9 Å². The van der Waals surface area contributed by atoms with Crippen molar-refractivity contribution in [3.8, 4) is 0 Å². The van der Waals surface area contributed by atoms with Crippen LogP contribution in [-0.2, 0) is 4.74 Å². The monoisotopic (exact) mass is 209 g/mol. The lowest BCUT2D eigenvalue weighted by molar-refractivity contribution is 0.0354. The van der Waals surface area contributed by atoms with E-state index in [1.165, 1.54) is 0 Å². The highest BCUT2D eigenvalue weighted by atomic mass is 16.5. The van der Waals surface area contributed by atoms with Crippen molar-refractivity contribution in [2.75, 3.05) is 20.2 Å². The zero-order valence-corrected chi connectivity index (χ0v) is 10.1. The molecule has 0 unspecified atom stereocenters. The zero-order chi connectivity index (χ0) is 11.1. The van der Waals surface area contributed by atoms with E-state index in [1.54, 1.807) is 0 Å². The van der Waals surface area contributed by atoms with Gasteiger partial charge in [-0.1, -0.05) is 24.3 Å². The smallest absolute Gasteiger partial charge is 0.0595 e. The fourth-order valence-electron chi connectivity index (χ4n) is 1.98. The molecule has 2 heteroatoms. The zero-order valence-electron chi connectivity index (χ0n) is 10.1. The second kappa shape index (κ2) is 6.81. The molecule has 0 radical (unpaired) electrons. The number of rotatable bonds is 4. The molecule has 0 bridgehead atoms. The van der Waals surface area contributed by atoms with Crippen molar-refractivity contribution in [3.63, 3.8) is 0 Å². The summed E-state index contributed by atoms with van der Waals surface area (Å²) in [6.45, 7) is 6.60. The van der Waals surface area contributed by atoms with Crippen LogP contribution in [0, 0.1) is 0 Å². The molecule has 0 amide bonds. The molecule has 1 atom stereocenters. The summed E-state index contributed by atoms with van der Waals surface area (Å²) in [6.07, 6.45) is 11.3. The molecule has 2 nitrogen and oxygen atoms in total. The first-order chi connectivity index (χ1) is 7.27. The second-order valence-electron chi connectivity index (χ2n) is 4.12. The highest BCUT2D eigenvalue weighted by Gasteiger charge is 2.20. The van der Waals surface area contributed by atoms with Crippen LogP contribution < -0.4 is 0 Å². The number of methoxy groups -OCH3 is 1. The predicted octanol–water partition coefficient (Wildman–Crippen LogP) is 2.62. The van der Waals surface area contributed by atoms with Gasteiger partial charge in [-0.05, 0) is 26.7 Å². The number of piperidine rings is 1. The van der Waals surface area contributed by atoms with E-state index in [4.69, 9.17) is 4.74 Å². The summed E-state index contributed by atoms with van der Waals surface area (Å²) in [5, 5.41) is 0. The van der Waals surface area contributed by atoms with E-state index in [2.05, 4.69) is 36.1 Å². The Morgan fingerprint density at radius 1 is 1.27 bits per heavy atom. The van der Waals surface area contributed by atoms with Crippen LogP contribution in [0.4, 0.5) is 0 Å². The Morgan fingerprint density at radius 2 is 1.93 bits per heavy atom. The fraction of sp³-hybridized carbons (Fsp3) is 0.692. The molecule has 0 aromatic carbocycles. The average molecular weight is 209 g/mol. The maximum absolute atomic E-state index is 5.36. The van der Waals surface area contributed by atoms with Gasteiger partial charge in [0.2, 0.25) is 0 Å². The number of likely N-dealkylation sites (tertiary alicyclic amines) is 1. The summed E-state index contributed by atoms with van der Waals surface area (Å²) in [5.74, 6) is 0. The Hall–Kier alpha value is -0.600. The van der Waals surface area contributed by atoms with Crippen molar-refractivity contribution in [1.29, 1.82) is 0 Å². The lowest BCUT2D eigenvalue weighted by Crippen LogP contribution is -2.41. The molecule has 1 fully saturated rings. The van der Waals surface area contributed by atoms with Crippen LogP contribution in [0.3, 0.4) is 0 Å². The van der Waals surface area contributed by atoms with Crippen molar-refractivity contribution >= 4 is 0 Å². The largest absolute Gasteiger partial charge is 0.381 e. The summed E-state index contributed by atoms with van der Waals surface area (Å²) in [5.41, 5.74) is 0. The number of nitrogens with zero attached hydrogens (tertiary/aromatic N) is 1. The number of hydrogen-bond donors (Lipinski definition) is 0. The molecule has 1 heterocycles. The Kier molecular flexibility index (Phi) is 5.66. The molecule has 1 saturated heterocycles. The van der Waals surface area contributed by atoms with E-state index in [0.29, 0.717) is 12.1 Å². The third-order valence-corrected chi connectivity index (χ3v) is 3.08. The van der Waals surface area contributed by atoms with E-state index < -0.39 is 0 Å². The van der Waals surface area contributed by atoms with Gasteiger partial charge >= 0.3 is 0 Å². The van der Waals surface area contributed by atoms with Crippen LogP contribution in [0.5, 0.6) is 0 Å². The predicted molar refractivity (Wildman–Crippen MR) is 65.0 cm³/mol. The lowest BCUT2D eigenvalue weighted by Gasteiger charge is -2.34. The highest BCUT2D eigenvalue weighted by Crippen LogP contribution is 2.15. The van der Waals surface area contributed by atoms with Crippen LogP contribution in [-0.4, -0.2) is 37.2 Å². The van der Waals surface area contributed by atoms with Crippen LogP contribution in [0.2, 0.25) is 0 Å². The van der Waals surface area contributed by atoms with Gasteiger partial charge in [-0.2, -0.15) is 0 Å². The average Bonchev–Trinajstić information content (AvgIpc) is 2.29. The van der Waals surface area contributed by atoms with Gasteiger partial charge in [-0.25, -0.2) is 0 Å². The number of allylic oxidation sites excluding steroid dienone is 3. The SMILES string of the molecule is C/C=C\C=C/[C@H](C)N1CCC(OC)CC1. The molecule has 1 aliphatic rings. The fourth-order valence-corrected chi connectivity index (χ4v) is 1.98. The van der Waals surface area contributed by atoms with E-state index in [9.17, 15) is 0 Å². The van der Waals surface area contributed by atoms with E-state index >= 15 is 0 Å². The molecule has 0 saturated carbocycles. The molecule has 1 aliphatic heterocycles. The minimum absolute atomic E-state index is 0.480. The van der Waals surface area contributed by atoms with Crippen molar-refractivity contribution in [1.82, 2.24) is 4.90 Å². The quantitative estimate of drug-likeness (QED) is 0.660. The first kappa shape index (κ1) is 12.5. The van der Waals surface area contributed by atoms with Crippen LogP contribution in [0.15, 0.2) is 24.3 Å². The maximum atomic E-state index is 5.36. The van der Waals surface area contributed by atoms with Gasteiger partial charge in [-0.15, -0.1) is 0 Å². The minimum atomic E-state index is 0.480. The topological polar surface area (TPSA) is 12.5 Å². The lowest BCUT2D eigenvalue weighted by atomic mass is 10.1. The molecule has 1 rings (SSSR count). The van der Waals surface area contributed by atoms with E-state index in [-0.39, 0.29) is 0 Å². The Labute approximate surface area is 93.6 Å². The first-order valence-electron chi connectivity index (χ1n) is 5.84. The molecule has 0 N–H and O–H groups in total. The second-order valence-corrected chi connectivity index (χ2v) is 4.12. The molecule has 15 heavy (non-hydrogen) atoms. The standard InChI is InChI=1S/C13H23NO/c1-4-5-6-7-12(2)14-10-8-13(15-3)9-11-14/h4-7,12-13H,8-11H2,1-3H3/b5-4-,7-6-/t12-/m0/s1. The number of ether oxygens (including phenoxy) is 1. The molecule has 0 aromatic heterocycles. The number of hydrogen-bond acceptors (Lipinski definition) is 2. The summed E-state index contributed by atoms with van der Waals surface area (Å²) < 4.78 is 5.36. The summed E-state index contributed by atoms with van der Waals surface area (Å²) in [6, 6.07) is 0.541. The molecular weight excluding hydrogens is 186 g/mol. The van der Waals surface area contributed by atoms with Gasteiger partial charge in [-0.3, -0.25) is 4.90 Å². The van der Waals surface area contributed by atoms with Crippen molar-refractivity contribution in [3.05, 3.63) is 24.3 Å². The minimum Gasteiger partial charge on any atom is -0.381 e. The summed E-state index contributed by atoms with van der Waals surface area (Å²) in [7, 11) is 1.82. The van der Waals surface area contributed by atoms with Crippen molar-refractivity contribution in [2.45, 2.75) is 38.8 Å². The van der Waals surface area contributed by atoms with Gasteiger partial charge in [0.1, 0.15) is 0 Å². The third kappa shape index (κ3) is 4.18. The van der Waals surface area contributed by atoms with Gasteiger partial charge < -0.3 is 4.74 Å². The summed E-state index contributed by atoms with van der Waals surface area (Å²) in [4.78, 5) is 2.51. The molecule has 0 spiro atoms. The Bertz CT molecular complexity index is 215. The Balaban J connectivity index is 2.32. The molecule has 86 valence electrons. The van der Waals surface area contributed by atoms with Gasteiger partial charge in [0.25, 0.3) is 0 Å². The van der Waals surface area contributed by atoms with Gasteiger partial charge in [0, 0.05) is 26.2 Å². The Morgan fingerprint density at radius 3 is 2.47 bits per heavy atom. The normalized spacial score (nSPS) is 22.9. The molecule has 0 aliphatic carbocycles. The van der Waals surface area contributed by atoms with Crippen molar-refractivity contribution < 1.29 is 4.74 Å². The van der Waals surface area contributed by atoms with Gasteiger partial charge in [0.05, 0.1) is 6.10 Å². The highest BCUT2D eigenvalue weighted by molar-refractivity contribution is 5.05.